The summed E-state index contributed by atoms with van der Waals surface area (Å²) in [4.78, 5) is 14.6. The predicted molar refractivity (Wildman–Crippen MR) is 147 cm³/mol. The van der Waals surface area contributed by atoms with Crippen LogP contribution >= 0.6 is 0 Å². The van der Waals surface area contributed by atoms with E-state index in [2.05, 4.69) is 153 Å². The van der Waals surface area contributed by atoms with Gasteiger partial charge in [0.15, 0.2) is 24.8 Å². The fourth-order valence-corrected chi connectivity index (χ4v) is 5.29. The van der Waals surface area contributed by atoms with Crippen LogP contribution in [0.3, 0.4) is 0 Å². The summed E-state index contributed by atoms with van der Waals surface area (Å²) in [5.41, 5.74) is 8.67. The number of hydrogen-bond donors (Lipinski definition) is 4. The third kappa shape index (κ3) is 4.02. The number of nitrogens with one attached hydrogen (secondary N) is 4. The molecule has 0 amide bonds. The highest BCUT2D eigenvalue weighted by Gasteiger charge is 2.15. The summed E-state index contributed by atoms with van der Waals surface area (Å²) < 4.78 is 4.17. The number of rotatable bonds is 2. The molecule has 7 heterocycles. The molecule has 0 spiro atoms. The van der Waals surface area contributed by atoms with Gasteiger partial charge in [0.1, 0.15) is 14.1 Å². The molecule has 1 aliphatic rings. The van der Waals surface area contributed by atoms with E-state index in [-0.39, 0.29) is 0 Å². The number of nitrogens with zero attached hydrogens (tertiary/aromatic N) is 2. The van der Waals surface area contributed by atoms with Gasteiger partial charge >= 0.3 is 0 Å². The number of pyridine rings is 2. The van der Waals surface area contributed by atoms with Gasteiger partial charge in [0.25, 0.3) is 0 Å². The molecule has 8 bridgehead atoms. The van der Waals surface area contributed by atoms with Gasteiger partial charge in [-0.3, -0.25) is 0 Å². The minimum absolute atomic E-state index is 1.04. The van der Waals surface area contributed by atoms with Crippen molar-refractivity contribution in [3.63, 3.8) is 0 Å². The van der Waals surface area contributed by atoms with Crippen LogP contribution in [0.25, 0.3) is 23.3 Å². The summed E-state index contributed by atoms with van der Waals surface area (Å²) in [7, 11) is 4.11. The van der Waals surface area contributed by atoms with E-state index in [1.807, 2.05) is 0 Å². The topological polar surface area (TPSA) is 70.9 Å². The van der Waals surface area contributed by atoms with E-state index in [0.29, 0.717) is 0 Å². The number of aryl methyl sites for hydroxylation is 2. The minimum atomic E-state index is 1.04. The molecule has 7 rings (SSSR count). The molecule has 184 valence electrons. The molecule has 0 saturated carbocycles. The van der Waals surface area contributed by atoms with E-state index in [1.54, 1.807) is 0 Å². The maximum absolute atomic E-state index is 3.77. The third-order valence-corrected chi connectivity index (χ3v) is 6.99. The van der Waals surface area contributed by atoms with Gasteiger partial charge in [0.2, 0.25) is 0 Å². The van der Waals surface area contributed by atoms with Crippen molar-refractivity contribution in [1.82, 2.24) is 19.9 Å². The minimum Gasteiger partial charge on any atom is -0.355 e. The zero-order valence-corrected chi connectivity index (χ0v) is 21.3. The Hall–Kier alpha value is -5.10. The van der Waals surface area contributed by atoms with Crippen LogP contribution in [-0.4, -0.2) is 19.9 Å². The van der Waals surface area contributed by atoms with Crippen molar-refractivity contribution in [1.29, 1.82) is 0 Å². The van der Waals surface area contributed by atoms with Crippen molar-refractivity contribution in [2.75, 3.05) is 0 Å². The molecule has 0 fully saturated rings. The van der Waals surface area contributed by atoms with Crippen LogP contribution in [0.5, 0.6) is 0 Å². The summed E-state index contributed by atoms with van der Waals surface area (Å²) in [5, 5.41) is 4.18. The van der Waals surface area contributed by atoms with Crippen molar-refractivity contribution in [3.8, 4) is 0 Å². The second kappa shape index (κ2) is 8.78. The largest absolute Gasteiger partial charge is 0.355 e. The Balaban J connectivity index is 1.61. The van der Waals surface area contributed by atoms with Crippen LogP contribution in [-0.2, 0) is 14.1 Å². The normalized spacial score (nSPS) is 12.8. The first-order valence-electron chi connectivity index (χ1n) is 12.7. The lowest BCUT2D eigenvalue weighted by Gasteiger charge is -2.05. The van der Waals surface area contributed by atoms with Gasteiger partial charge in [-0.1, -0.05) is 0 Å². The Bertz CT molecular complexity index is 1920. The smallest absolute Gasteiger partial charge is 0.176 e. The van der Waals surface area contributed by atoms with Crippen molar-refractivity contribution in [3.05, 3.63) is 153 Å². The highest BCUT2D eigenvalue weighted by molar-refractivity contribution is 5.79. The van der Waals surface area contributed by atoms with Gasteiger partial charge in [0, 0.05) is 78.6 Å². The van der Waals surface area contributed by atoms with Crippen LogP contribution in [0.2, 0.25) is 0 Å². The lowest BCUT2D eigenvalue weighted by Crippen LogP contribution is -2.28. The van der Waals surface area contributed by atoms with E-state index in [9.17, 15) is 0 Å². The van der Waals surface area contributed by atoms with Crippen LogP contribution < -0.4 is 30.5 Å². The fraction of sp³-hybridized carbons (Fsp3) is 0.0625. The zero-order valence-electron chi connectivity index (χ0n) is 21.3. The van der Waals surface area contributed by atoms with Crippen LogP contribution in [0.4, 0.5) is 0 Å². The van der Waals surface area contributed by atoms with Gasteiger partial charge in [-0.15, -0.1) is 0 Å². The van der Waals surface area contributed by atoms with Crippen molar-refractivity contribution >= 4 is 23.3 Å². The maximum atomic E-state index is 3.77. The first kappa shape index (κ1) is 22.1. The molecule has 6 aromatic rings. The van der Waals surface area contributed by atoms with Gasteiger partial charge in [-0.2, -0.15) is 0 Å². The summed E-state index contributed by atoms with van der Waals surface area (Å²) >= 11 is 0. The van der Waals surface area contributed by atoms with Gasteiger partial charge in [-0.05, 0) is 72.8 Å². The Morgan fingerprint density at radius 3 is 1.47 bits per heavy atom. The number of hydrogen-bond acceptors (Lipinski definition) is 0. The molecule has 0 radical (unpaired) electrons. The first-order chi connectivity index (χ1) is 18.6. The third-order valence-electron chi connectivity index (χ3n) is 6.99. The van der Waals surface area contributed by atoms with Gasteiger partial charge in [0.05, 0.1) is 0 Å². The first-order valence-corrected chi connectivity index (χ1v) is 12.7. The Kier molecular flexibility index (Phi) is 5.11. The number of H-pyrrole nitrogens is 4. The molecule has 6 aromatic heterocycles. The monoisotopic (exact) mass is 496 g/mol. The molecule has 6 nitrogen and oxygen atoms in total. The summed E-state index contributed by atoms with van der Waals surface area (Å²) in [6.07, 6.45) is 12.7. The number of aromatic amines is 4. The lowest BCUT2D eigenvalue weighted by molar-refractivity contribution is -0.671. The highest BCUT2D eigenvalue weighted by Crippen LogP contribution is 2.21. The summed E-state index contributed by atoms with van der Waals surface area (Å²) in [6.45, 7) is 0. The molecule has 6 heteroatoms. The van der Waals surface area contributed by atoms with E-state index in [1.165, 1.54) is 0 Å². The molecule has 0 atom stereocenters. The lowest BCUT2D eigenvalue weighted by atomic mass is 10.0. The van der Waals surface area contributed by atoms with Gasteiger partial charge < -0.3 is 19.9 Å². The molecule has 0 aromatic carbocycles. The number of aromatic nitrogens is 6. The van der Waals surface area contributed by atoms with E-state index >= 15 is 0 Å². The van der Waals surface area contributed by atoms with Crippen LogP contribution in [0, 0.1) is 0 Å². The number of fused-ring (bicyclic) bond motifs is 8. The molecule has 4 N–H and O–H groups in total. The average Bonchev–Trinajstić information content (AvgIpc) is 3.70. The molecular weight excluding hydrogens is 468 g/mol. The van der Waals surface area contributed by atoms with E-state index in [4.69, 9.17) is 0 Å². The van der Waals surface area contributed by atoms with E-state index in [0.717, 1.165) is 66.4 Å². The maximum Gasteiger partial charge on any atom is 0.176 e. The average molecular weight is 497 g/mol. The quantitative estimate of drug-likeness (QED) is 0.259. The highest BCUT2D eigenvalue weighted by atomic mass is 14.9. The van der Waals surface area contributed by atoms with Crippen LogP contribution in [0.1, 0.15) is 33.9 Å². The second-order valence-corrected chi connectivity index (χ2v) is 9.86. The standard InChI is InChI=1S/C32H28N6/c1-37-15-3-5-21(19-37)31-27-11-9-25(34-27)17-23-7-8-24(33-23)18-26-10-12-28(35-26)32(30-14-13-29(31)36-30)22-6-4-16-38(2)20-22/h3-20,33-36H,1-2H3/q+2. The van der Waals surface area contributed by atoms with Gasteiger partial charge in [-0.25, -0.2) is 9.13 Å². The molecule has 0 saturated heterocycles. The molecule has 0 unspecified atom stereocenters. The summed E-state index contributed by atoms with van der Waals surface area (Å²) in [6, 6.07) is 25.6. The molecule has 0 aliphatic carbocycles. The molecule has 38 heavy (non-hydrogen) atoms. The molecule has 1 aliphatic heterocycles. The van der Waals surface area contributed by atoms with Crippen LogP contribution in [0.15, 0.2) is 97.6 Å². The SMILES string of the molecule is C[n+]1cccc(C2=c3ccc([nH]3)=C(c3ccc[n+](C)c3)c3ccc([nH]3)C=c3ccc([nH]3)=Cc3ccc2[nH]3)c1. The Labute approximate surface area is 219 Å². The van der Waals surface area contributed by atoms with E-state index < -0.39 is 0 Å². The fourth-order valence-electron chi connectivity index (χ4n) is 5.29. The predicted octanol–water partition coefficient (Wildman–Crippen LogP) is 1.11. The second-order valence-electron chi connectivity index (χ2n) is 9.86. The van der Waals surface area contributed by atoms with Crippen molar-refractivity contribution < 1.29 is 9.13 Å². The summed E-state index contributed by atoms with van der Waals surface area (Å²) in [5.74, 6) is 0. The molecular formula is C32H28N6+2. The zero-order chi connectivity index (χ0) is 25.6. The Morgan fingerprint density at radius 2 is 1.00 bits per heavy atom. The van der Waals surface area contributed by atoms with Crippen molar-refractivity contribution in [2.45, 2.75) is 0 Å². The Morgan fingerprint density at radius 1 is 0.500 bits per heavy atom. The van der Waals surface area contributed by atoms with Crippen molar-refractivity contribution in [2.24, 2.45) is 14.1 Å².